The van der Waals surface area contributed by atoms with E-state index < -0.39 is 11.4 Å². The van der Waals surface area contributed by atoms with Crippen molar-refractivity contribution in [1.29, 1.82) is 0 Å². The van der Waals surface area contributed by atoms with Crippen molar-refractivity contribution < 1.29 is 19.0 Å². The Hall–Kier alpha value is -1.94. The van der Waals surface area contributed by atoms with Crippen LogP contribution in [-0.4, -0.2) is 85.7 Å². The maximum atomic E-state index is 12.9. The summed E-state index contributed by atoms with van der Waals surface area (Å²) in [7, 11) is 0. The zero-order chi connectivity index (χ0) is 26.9. The van der Waals surface area contributed by atoms with Crippen LogP contribution in [0.1, 0.15) is 72.8 Å². The van der Waals surface area contributed by atoms with Crippen LogP contribution in [0, 0.1) is 5.92 Å². The number of ether oxygens (including phenoxy) is 3. The number of carbonyl (C=O) groups is 1. The molecule has 4 fully saturated rings. The maximum absolute atomic E-state index is 12.9. The molecule has 1 spiro atoms. The van der Waals surface area contributed by atoms with E-state index in [0.29, 0.717) is 11.1 Å². The van der Waals surface area contributed by atoms with Gasteiger partial charge in [-0.2, -0.15) is 0 Å². The lowest BCUT2D eigenvalue weighted by atomic mass is 9.84. The van der Waals surface area contributed by atoms with Crippen LogP contribution < -0.4 is 0 Å². The molecule has 2 aromatic heterocycles. The molecule has 9 nitrogen and oxygen atoms in total. The maximum Gasteiger partial charge on any atom is 0.410 e. The molecule has 2 aromatic rings. The number of carbonyl (C=O) groups excluding carboxylic acids is 1. The minimum Gasteiger partial charge on any atom is -0.444 e. The smallest absolute Gasteiger partial charge is 0.410 e. The first-order valence-corrected chi connectivity index (χ1v) is 14.4. The third kappa shape index (κ3) is 4.69. The van der Waals surface area contributed by atoms with Crippen molar-refractivity contribution in [3.05, 3.63) is 23.7 Å². The Balaban J connectivity index is 1.24. The lowest BCUT2D eigenvalue weighted by Gasteiger charge is -2.46. The Kier molecular flexibility index (Phi) is 6.45. The molecule has 0 N–H and O–H groups in total. The second-order valence-electron chi connectivity index (χ2n) is 13.0. The zero-order valence-corrected chi connectivity index (χ0v) is 23.9. The quantitative estimate of drug-likeness (QED) is 0.500. The summed E-state index contributed by atoms with van der Waals surface area (Å²) in [5.74, 6) is -0.338. The van der Waals surface area contributed by atoms with E-state index in [1.54, 1.807) is 0 Å². The van der Waals surface area contributed by atoms with Crippen molar-refractivity contribution in [3.63, 3.8) is 0 Å². The van der Waals surface area contributed by atoms with Crippen molar-refractivity contribution in [2.45, 2.75) is 102 Å². The zero-order valence-electron chi connectivity index (χ0n) is 23.2. The number of piperidine rings is 1. The van der Waals surface area contributed by atoms with Crippen LogP contribution in [0.2, 0.25) is 5.15 Å². The first-order chi connectivity index (χ1) is 17.9. The van der Waals surface area contributed by atoms with E-state index in [2.05, 4.69) is 25.6 Å². The highest BCUT2D eigenvalue weighted by Gasteiger charge is 2.56. The molecule has 6 rings (SSSR count). The van der Waals surface area contributed by atoms with Crippen molar-refractivity contribution in [1.82, 2.24) is 24.3 Å². The standard InChI is InChI=1S/C28H40ClN5O4/c1-26(2,3)38-25(35)32-13-10-28(16-32)9-6-7-11-33(28)15-18-14-20(22-21(18)36-27(4,5)37-22)34-12-8-19-23(29)30-17-31-24(19)34/h8,12,17-18,20-22H,6-7,9-11,13-16H2,1-5H3/t18-,20-,21-,22+,28?/m1/s1. The van der Waals surface area contributed by atoms with Gasteiger partial charge in [-0.25, -0.2) is 14.8 Å². The van der Waals surface area contributed by atoms with E-state index in [0.717, 1.165) is 56.5 Å². The summed E-state index contributed by atoms with van der Waals surface area (Å²) in [5.41, 5.74) is 0.344. The van der Waals surface area contributed by atoms with Crippen LogP contribution in [0.5, 0.6) is 0 Å². The van der Waals surface area contributed by atoms with Crippen molar-refractivity contribution >= 4 is 28.7 Å². The molecule has 38 heavy (non-hydrogen) atoms. The minimum absolute atomic E-state index is 0.00138. The number of fused-ring (bicyclic) bond motifs is 2. The van der Waals surface area contributed by atoms with Gasteiger partial charge in [0.1, 0.15) is 28.8 Å². The van der Waals surface area contributed by atoms with E-state index in [-0.39, 0.29) is 29.9 Å². The van der Waals surface area contributed by atoms with E-state index in [1.165, 1.54) is 19.2 Å². The SMILES string of the molecule is CC(C)(C)OC(=O)N1CCC2(CCCCN2C[C@H]2C[C@@H](n3ccc4c(Cl)ncnc43)[C@@H]3OC(C)(C)O[C@H]23)C1. The summed E-state index contributed by atoms with van der Waals surface area (Å²) >= 11 is 6.37. The lowest BCUT2D eigenvalue weighted by molar-refractivity contribution is -0.161. The first kappa shape index (κ1) is 26.3. The van der Waals surface area contributed by atoms with Crippen LogP contribution in [0.3, 0.4) is 0 Å². The monoisotopic (exact) mass is 545 g/mol. The van der Waals surface area contributed by atoms with Crippen molar-refractivity contribution in [3.8, 4) is 0 Å². The number of likely N-dealkylation sites (tertiary alicyclic amines) is 2. The predicted octanol–water partition coefficient (Wildman–Crippen LogP) is 5.03. The van der Waals surface area contributed by atoms with Gasteiger partial charge in [-0.3, -0.25) is 4.90 Å². The molecule has 1 aliphatic carbocycles. The summed E-state index contributed by atoms with van der Waals surface area (Å²) in [6.45, 7) is 13.2. The van der Waals surface area contributed by atoms with Crippen LogP contribution in [0.15, 0.2) is 18.6 Å². The minimum atomic E-state index is -0.637. The topological polar surface area (TPSA) is 82.0 Å². The molecule has 5 atom stereocenters. The summed E-state index contributed by atoms with van der Waals surface area (Å²) in [6.07, 6.45) is 8.70. The van der Waals surface area contributed by atoms with Gasteiger partial charge in [0.05, 0.1) is 17.5 Å². The number of aromatic nitrogens is 3. The van der Waals surface area contributed by atoms with E-state index in [9.17, 15) is 4.79 Å². The van der Waals surface area contributed by atoms with Crippen molar-refractivity contribution in [2.24, 2.45) is 5.92 Å². The molecule has 0 radical (unpaired) electrons. The molecule has 1 saturated carbocycles. The van der Waals surface area contributed by atoms with Crippen LogP contribution in [-0.2, 0) is 14.2 Å². The molecule has 1 amide bonds. The van der Waals surface area contributed by atoms with Gasteiger partial charge in [0, 0.05) is 37.3 Å². The average Bonchev–Trinajstić information content (AvgIpc) is 3.58. The fourth-order valence-corrected chi connectivity index (χ4v) is 7.43. The molecule has 5 heterocycles. The molecule has 1 unspecified atom stereocenters. The molecule has 3 aliphatic heterocycles. The van der Waals surface area contributed by atoms with Gasteiger partial charge in [-0.05, 0) is 72.9 Å². The largest absolute Gasteiger partial charge is 0.444 e. The third-order valence-electron chi connectivity index (χ3n) is 8.80. The van der Waals surface area contributed by atoms with Gasteiger partial charge < -0.3 is 23.7 Å². The number of hydrogen-bond acceptors (Lipinski definition) is 7. The summed E-state index contributed by atoms with van der Waals surface area (Å²) in [4.78, 5) is 26.2. The number of rotatable bonds is 3. The van der Waals surface area contributed by atoms with E-state index in [4.69, 9.17) is 25.8 Å². The Morgan fingerprint density at radius 1 is 1.16 bits per heavy atom. The first-order valence-electron chi connectivity index (χ1n) is 14.0. The molecule has 3 saturated heterocycles. The average molecular weight is 546 g/mol. The van der Waals surface area contributed by atoms with Crippen molar-refractivity contribution in [2.75, 3.05) is 26.2 Å². The number of nitrogens with zero attached hydrogens (tertiary/aromatic N) is 5. The molecule has 4 aliphatic rings. The van der Waals surface area contributed by atoms with Gasteiger partial charge in [0.15, 0.2) is 5.79 Å². The molecular weight excluding hydrogens is 506 g/mol. The Labute approximate surface area is 229 Å². The predicted molar refractivity (Wildman–Crippen MR) is 144 cm³/mol. The van der Waals surface area contributed by atoms with Gasteiger partial charge >= 0.3 is 6.09 Å². The highest BCUT2D eigenvalue weighted by molar-refractivity contribution is 6.33. The van der Waals surface area contributed by atoms with Crippen LogP contribution >= 0.6 is 11.6 Å². The highest BCUT2D eigenvalue weighted by atomic mass is 35.5. The van der Waals surface area contributed by atoms with E-state index >= 15 is 0 Å². The normalized spacial score (nSPS) is 33.4. The number of halogens is 1. The molecule has 0 bridgehead atoms. The fraction of sp³-hybridized carbons (Fsp3) is 0.750. The fourth-order valence-electron chi connectivity index (χ4n) is 7.24. The van der Waals surface area contributed by atoms with Gasteiger partial charge in [0.25, 0.3) is 0 Å². The number of amides is 1. The lowest BCUT2D eigenvalue weighted by Crippen LogP contribution is -2.56. The van der Waals surface area contributed by atoms with Crippen LogP contribution in [0.4, 0.5) is 4.79 Å². The molecule has 10 heteroatoms. The van der Waals surface area contributed by atoms with Crippen LogP contribution in [0.25, 0.3) is 11.0 Å². The van der Waals surface area contributed by atoms with Gasteiger partial charge in [-0.1, -0.05) is 18.0 Å². The van der Waals surface area contributed by atoms with E-state index in [1.807, 2.05) is 45.6 Å². The third-order valence-corrected chi connectivity index (χ3v) is 9.10. The molecule has 208 valence electrons. The number of hydrogen-bond donors (Lipinski definition) is 0. The molecule has 0 aromatic carbocycles. The Bertz CT molecular complexity index is 1210. The second-order valence-corrected chi connectivity index (χ2v) is 13.4. The van der Waals surface area contributed by atoms with Gasteiger partial charge in [-0.15, -0.1) is 0 Å². The molecular formula is C28H40ClN5O4. The Morgan fingerprint density at radius 3 is 2.74 bits per heavy atom. The Morgan fingerprint density at radius 2 is 1.95 bits per heavy atom. The van der Waals surface area contributed by atoms with Gasteiger partial charge in [0.2, 0.25) is 0 Å². The summed E-state index contributed by atoms with van der Waals surface area (Å²) in [6, 6.07) is 2.09. The second kappa shape index (κ2) is 9.32. The summed E-state index contributed by atoms with van der Waals surface area (Å²) in [5, 5.41) is 1.32. The summed E-state index contributed by atoms with van der Waals surface area (Å²) < 4.78 is 21.0. The highest BCUT2D eigenvalue weighted by Crippen LogP contribution is 2.49.